The van der Waals surface area contributed by atoms with Crippen LogP contribution in [0, 0.1) is 0 Å². The van der Waals surface area contributed by atoms with E-state index >= 15 is 0 Å². The molecule has 5 unspecified atom stereocenters. The first-order chi connectivity index (χ1) is 12.7. The van der Waals surface area contributed by atoms with Crippen LogP contribution in [0.15, 0.2) is 21.9 Å². The molecule has 0 saturated carbocycles. The predicted molar refractivity (Wildman–Crippen MR) is 109 cm³/mol. The molecule has 2 heterocycles. The van der Waals surface area contributed by atoms with Crippen molar-refractivity contribution >= 4 is 98.9 Å². The first kappa shape index (κ1) is 37.9. The summed E-state index contributed by atoms with van der Waals surface area (Å²) in [7, 11) is -16.6. The van der Waals surface area contributed by atoms with E-state index < -0.39 is 59.8 Å². The number of ether oxygens (including phenoxy) is 1. The maximum absolute atomic E-state index is 11.7. The van der Waals surface area contributed by atoms with E-state index in [-0.39, 0.29) is 81.9 Å². The molecule has 0 spiro atoms. The fraction of sp³-hybridized carbons (Fsp3) is 0.556. The Morgan fingerprint density at radius 2 is 1.59 bits per heavy atom. The molecule has 1 aromatic heterocycles. The molecule has 1 aliphatic heterocycles. The van der Waals surface area contributed by atoms with Crippen molar-refractivity contribution < 1.29 is 56.3 Å². The van der Waals surface area contributed by atoms with Crippen LogP contribution in [-0.4, -0.2) is 128 Å². The predicted octanol–water partition coefficient (Wildman–Crippen LogP) is -2.99. The van der Waals surface area contributed by atoms with Crippen molar-refractivity contribution in [2.45, 2.75) is 24.9 Å². The standard InChI is InChI=1S/C9H15N2O14P3.4Li/c12-5-3-8(11-2-1-7(13)10-9(11)14)23-6(5)4-22-27(18,19)25-28(20,21)24-26(15,16)17;;;;/h1-2,5-6,8,12H,3-4H2,(H,18,19)(H,20,21)(H,10,13,14)(H2,15,16,17);;;;. The Labute approximate surface area is 227 Å². The van der Waals surface area contributed by atoms with Crippen LogP contribution in [0.2, 0.25) is 0 Å². The molecule has 0 aliphatic carbocycles. The largest absolute Gasteiger partial charge is 0.490 e. The van der Waals surface area contributed by atoms with Gasteiger partial charge in [0.05, 0.1) is 12.7 Å². The summed E-state index contributed by atoms with van der Waals surface area (Å²) in [5.74, 6) is 0. The summed E-state index contributed by atoms with van der Waals surface area (Å²) in [5, 5.41) is 9.91. The minimum absolute atomic E-state index is 0. The number of aliphatic hydroxyl groups is 1. The van der Waals surface area contributed by atoms with Crippen LogP contribution < -0.4 is 11.2 Å². The van der Waals surface area contributed by atoms with Gasteiger partial charge in [-0.25, -0.2) is 18.5 Å². The molecule has 1 saturated heterocycles. The van der Waals surface area contributed by atoms with Crippen LogP contribution in [-0.2, 0) is 31.6 Å². The van der Waals surface area contributed by atoms with Crippen molar-refractivity contribution in [3.8, 4) is 0 Å². The molecule has 23 heteroatoms. The molecular formula is C9H15Li4N2O14P3. The van der Waals surface area contributed by atoms with E-state index in [1.54, 1.807) is 0 Å². The van der Waals surface area contributed by atoms with Crippen molar-refractivity contribution in [3.63, 3.8) is 0 Å². The first-order valence-electron chi connectivity index (χ1n) is 7.11. The van der Waals surface area contributed by atoms with E-state index in [4.69, 9.17) is 19.4 Å². The van der Waals surface area contributed by atoms with Gasteiger partial charge < -0.3 is 29.4 Å². The van der Waals surface area contributed by atoms with Gasteiger partial charge in [0.15, 0.2) is 0 Å². The van der Waals surface area contributed by atoms with Crippen LogP contribution in [0.5, 0.6) is 0 Å². The average molecular weight is 496 g/mol. The zero-order valence-electron chi connectivity index (χ0n) is 17.5. The minimum Gasteiger partial charge on any atom is -0.390 e. The number of nitrogens with one attached hydrogen (secondary N) is 1. The molecule has 5 atom stereocenters. The third-order valence-corrected chi connectivity index (χ3v) is 6.99. The van der Waals surface area contributed by atoms with E-state index in [0.717, 1.165) is 16.8 Å². The first-order valence-corrected chi connectivity index (χ1v) is 11.6. The summed E-state index contributed by atoms with van der Waals surface area (Å²) in [6.07, 6.45) is -2.74. The molecule has 1 aromatic rings. The van der Waals surface area contributed by atoms with E-state index in [0.29, 0.717) is 0 Å². The van der Waals surface area contributed by atoms with Crippen molar-refractivity contribution in [2.75, 3.05) is 6.61 Å². The van der Waals surface area contributed by atoms with E-state index in [9.17, 15) is 33.3 Å². The Hall–Kier alpha value is 1.40. The topological polar surface area (TPSA) is 244 Å². The van der Waals surface area contributed by atoms with Crippen LogP contribution in [0.1, 0.15) is 12.6 Å². The zero-order chi connectivity index (χ0) is 21.3. The Morgan fingerprint density at radius 1 is 1.03 bits per heavy atom. The Bertz CT molecular complexity index is 983. The van der Waals surface area contributed by atoms with E-state index in [1.807, 2.05) is 4.98 Å². The number of aromatic nitrogens is 2. The summed E-state index contributed by atoms with van der Waals surface area (Å²) in [6.45, 7) is -0.876. The van der Waals surface area contributed by atoms with Gasteiger partial charge in [0.1, 0.15) is 12.3 Å². The number of hydrogen-bond acceptors (Lipinski definition) is 10. The van der Waals surface area contributed by atoms with Crippen molar-refractivity contribution in [1.82, 2.24) is 9.55 Å². The summed E-state index contributed by atoms with van der Waals surface area (Å²) in [4.78, 5) is 60.0. The molecule has 0 aromatic carbocycles. The van der Waals surface area contributed by atoms with E-state index in [2.05, 4.69) is 13.1 Å². The molecule has 1 aliphatic rings. The van der Waals surface area contributed by atoms with Crippen LogP contribution in [0.4, 0.5) is 0 Å². The van der Waals surface area contributed by atoms with Crippen LogP contribution >= 0.6 is 23.5 Å². The second kappa shape index (κ2) is 14.8. The van der Waals surface area contributed by atoms with Gasteiger partial charge in [-0.05, 0) is 0 Å². The van der Waals surface area contributed by atoms with Crippen LogP contribution in [0.3, 0.4) is 0 Å². The number of phosphoric ester groups is 1. The fourth-order valence-electron chi connectivity index (χ4n) is 2.16. The van der Waals surface area contributed by atoms with Gasteiger partial charge in [0.25, 0.3) is 5.56 Å². The number of hydrogen-bond donors (Lipinski definition) is 6. The van der Waals surface area contributed by atoms with Crippen molar-refractivity contribution in [3.05, 3.63) is 33.1 Å². The summed E-state index contributed by atoms with van der Waals surface area (Å²) in [5.41, 5.74) is -1.50. The summed E-state index contributed by atoms with van der Waals surface area (Å²) < 4.78 is 51.0. The van der Waals surface area contributed by atoms with Gasteiger partial charge >= 0.3 is 29.2 Å². The number of nitrogens with zero attached hydrogens (tertiary/aromatic N) is 1. The third-order valence-electron chi connectivity index (χ3n) is 3.18. The van der Waals surface area contributed by atoms with Gasteiger partial charge in [0, 0.05) is 94.1 Å². The van der Waals surface area contributed by atoms with Gasteiger partial charge in [-0.1, -0.05) is 0 Å². The molecule has 32 heavy (non-hydrogen) atoms. The number of aliphatic hydroxyl groups excluding tert-OH is 1. The number of aromatic amines is 1. The third kappa shape index (κ3) is 12.4. The monoisotopic (exact) mass is 496 g/mol. The molecule has 0 bridgehead atoms. The van der Waals surface area contributed by atoms with E-state index in [1.165, 1.54) is 0 Å². The van der Waals surface area contributed by atoms with Crippen molar-refractivity contribution in [1.29, 1.82) is 0 Å². The van der Waals surface area contributed by atoms with Crippen LogP contribution in [0.25, 0.3) is 0 Å². The summed E-state index contributed by atoms with van der Waals surface area (Å²) in [6, 6.07) is 1.02. The van der Waals surface area contributed by atoms with Gasteiger partial charge in [-0.3, -0.25) is 18.9 Å². The Morgan fingerprint density at radius 3 is 2.09 bits per heavy atom. The Kier molecular flexibility index (Phi) is 17.6. The molecule has 6 N–H and O–H groups in total. The van der Waals surface area contributed by atoms with Gasteiger partial charge in [0.2, 0.25) is 0 Å². The maximum Gasteiger partial charge on any atom is 0.490 e. The second-order valence-corrected chi connectivity index (χ2v) is 9.76. The number of phosphoric acid groups is 3. The number of H-pyrrole nitrogens is 1. The molecular weight excluding hydrogens is 481 g/mol. The minimum atomic E-state index is -5.67. The molecule has 4 radical (unpaired) electrons. The fourth-order valence-corrected chi connectivity index (χ4v) is 5.19. The molecule has 16 nitrogen and oxygen atoms in total. The smallest absolute Gasteiger partial charge is 0.390 e. The van der Waals surface area contributed by atoms with Crippen molar-refractivity contribution in [2.24, 2.45) is 0 Å². The van der Waals surface area contributed by atoms with Gasteiger partial charge in [-0.2, -0.15) is 8.62 Å². The quantitative estimate of drug-likeness (QED) is 0.155. The Balaban J connectivity index is -0.00000210. The normalized spacial score (nSPS) is 23.8. The zero-order valence-corrected chi connectivity index (χ0v) is 20.2. The molecule has 164 valence electrons. The molecule has 0 amide bonds. The average Bonchev–Trinajstić information content (AvgIpc) is 2.82. The maximum atomic E-state index is 11.7. The molecule has 2 rings (SSSR count). The SMILES string of the molecule is O=c1ccn(C2CC(O)C(COP(=O)(O)OP(=O)(O)OP(=O)(O)O)O2)c(=O)[nH]1.[Li].[Li].[Li].[Li]. The second-order valence-electron chi connectivity index (χ2n) is 5.34. The molecule has 1 fully saturated rings. The summed E-state index contributed by atoms with van der Waals surface area (Å²) >= 11 is 0. The van der Waals surface area contributed by atoms with Gasteiger partial charge in [-0.15, -0.1) is 0 Å². The number of rotatable bonds is 8.